The zero-order chi connectivity index (χ0) is 28.2. The van der Waals surface area contributed by atoms with Crippen LogP contribution in [0.2, 0.25) is 0 Å². The summed E-state index contributed by atoms with van der Waals surface area (Å²) in [6, 6.07) is 18.4. The molecule has 39 heavy (non-hydrogen) atoms. The molecule has 0 unspecified atom stereocenters. The Balaban J connectivity index is 1.69. The monoisotopic (exact) mass is 530 g/mol. The van der Waals surface area contributed by atoms with Crippen molar-refractivity contribution < 1.29 is 34.5 Å². The van der Waals surface area contributed by atoms with Gasteiger partial charge in [0.1, 0.15) is 11.8 Å². The Morgan fingerprint density at radius 2 is 1.44 bits per heavy atom. The quantitative estimate of drug-likeness (QED) is 0.250. The Morgan fingerprint density at radius 1 is 0.821 bits per heavy atom. The van der Waals surface area contributed by atoms with E-state index in [-0.39, 0.29) is 43.8 Å². The number of benzene rings is 3. The van der Waals surface area contributed by atoms with E-state index in [4.69, 9.17) is 0 Å². The van der Waals surface area contributed by atoms with Crippen molar-refractivity contribution in [3.8, 4) is 16.9 Å². The Labute approximate surface area is 225 Å². The molecule has 0 aliphatic heterocycles. The molecule has 0 radical (unpaired) electrons. The predicted molar refractivity (Wildman–Crippen MR) is 144 cm³/mol. The molecule has 0 aromatic heterocycles. The van der Waals surface area contributed by atoms with Crippen molar-refractivity contribution >= 4 is 29.4 Å². The van der Waals surface area contributed by atoms with Crippen LogP contribution >= 0.6 is 0 Å². The predicted octanol–water partition coefficient (Wildman–Crippen LogP) is 4.07. The summed E-state index contributed by atoms with van der Waals surface area (Å²) in [7, 11) is 0. The third kappa shape index (κ3) is 6.09. The molecule has 1 aliphatic rings. The van der Waals surface area contributed by atoms with Crippen molar-refractivity contribution in [3.63, 3.8) is 0 Å². The molecule has 1 atom stereocenters. The van der Waals surface area contributed by atoms with Crippen LogP contribution < -0.4 is 10.6 Å². The highest BCUT2D eigenvalue weighted by atomic mass is 16.4. The number of fused-ring (bicyclic) bond motifs is 3. The standard InChI is InChI=1S/C30H30N2O7/c1-18(33)31-26(16-19-6-9-21(34)10-7-19)29(39)32-20-8-11-23-22-4-2-3-5-24(22)30(25(23)17-20,14-12-27(35)36)15-13-28(37)38/h2-11,17,26,34H,12-16H2,1H3,(H,31,33)(H,32,39)(H,35,36)(H,37,38)/t26-/m0/s1. The lowest BCUT2D eigenvalue weighted by Gasteiger charge is -2.32. The summed E-state index contributed by atoms with van der Waals surface area (Å²) in [4.78, 5) is 48.3. The molecule has 0 saturated carbocycles. The number of anilines is 1. The summed E-state index contributed by atoms with van der Waals surface area (Å²) in [6.07, 6.45) is 0.296. The molecule has 3 aromatic rings. The maximum Gasteiger partial charge on any atom is 0.303 e. The average Bonchev–Trinajstić information content (AvgIpc) is 3.16. The van der Waals surface area contributed by atoms with Gasteiger partial charge in [-0.05, 0) is 64.9 Å². The normalized spacial score (nSPS) is 13.6. The molecular weight excluding hydrogens is 500 g/mol. The number of hydrogen-bond donors (Lipinski definition) is 5. The van der Waals surface area contributed by atoms with E-state index in [1.807, 2.05) is 30.3 Å². The van der Waals surface area contributed by atoms with Gasteiger partial charge in [-0.25, -0.2) is 0 Å². The van der Waals surface area contributed by atoms with E-state index in [0.717, 1.165) is 27.8 Å². The number of carbonyl (C=O) groups excluding carboxylic acids is 2. The zero-order valence-electron chi connectivity index (χ0n) is 21.4. The van der Waals surface area contributed by atoms with E-state index in [1.54, 1.807) is 24.3 Å². The first kappa shape index (κ1) is 27.4. The number of phenols is 1. The molecule has 0 fully saturated rings. The van der Waals surface area contributed by atoms with Crippen LogP contribution in [0.3, 0.4) is 0 Å². The minimum Gasteiger partial charge on any atom is -0.508 e. The highest BCUT2D eigenvalue weighted by Gasteiger charge is 2.43. The van der Waals surface area contributed by atoms with Crippen LogP contribution in [0.5, 0.6) is 5.75 Å². The highest BCUT2D eigenvalue weighted by molar-refractivity contribution is 5.98. The third-order valence-corrected chi connectivity index (χ3v) is 7.14. The number of hydrogen-bond acceptors (Lipinski definition) is 5. The Kier molecular flexibility index (Phi) is 7.99. The fraction of sp³-hybridized carbons (Fsp3) is 0.267. The lowest BCUT2D eigenvalue weighted by atomic mass is 9.71. The second kappa shape index (κ2) is 11.4. The molecule has 4 rings (SSSR count). The molecular formula is C30H30N2O7. The molecule has 202 valence electrons. The maximum atomic E-state index is 13.3. The number of aliphatic carboxylic acids is 2. The van der Waals surface area contributed by atoms with Gasteiger partial charge in [-0.2, -0.15) is 0 Å². The second-order valence-corrected chi connectivity index (χ2v) is 9.79. The zero-order valence-corrected chi connectivity index (χ0v) is 21.4. The molecule has 3 aromatic carbocycles. The smallest absolute Gasteiger partial charge is 0.303 e. The number of amides is 2. The van der Waals surface area contributed by atoms with Gasteiger partial charge < -0.3 is 26.0 Å². The van der Waals surface area contributed by atoms with Crippen LogP contribution in [0.4, 0.5) is 5.69 Å². The summed E-state index contributed by atoms with van der Waals surface area (Å²) >= 11 is 0. The average molecular weight is 531 g/mol. The Bertz CT molecular complexity index is 1400. The van der Waals surface area contributed by atoms with Crippen molar-refractivity contribution in [2.45, 2.75) is 50.5 Å². The van der Waals surface area contributed by atoms with Gasteiger partial charge in [-0.1, -0.05) is 42.5 Å². The molecule has 0 bridgehead atoms. The first-order valence-corrected chi connectivity index (χ1v) is 12.6. The van der Waals surface area contributed by atoms with Crippen molar-refractivity contribution in [2.75, 3.05) is 5.32 Å². The minimum atomic E-state index is -0.979. The van der Waals surface area contributed by atoms with Gasteiger partial charge >= 0.3 is 11.9 Å². The summed E-state index contributed by atoms with van der Waals surface area (Å²) in [5.74, 6) is -2.69. The lowest BCUT2D eigenvalue weighted by molar-refractivity contribution is -0.137. The van der Waals surface area contributed by atoms with E-state index >= 15 is 0 Å². The van der Waals surface area contributed by atoms with E-state index < -0.39 is 29.3 Å². The van der Waals surface area contributed by atoms with Crippen LogP contribution in [-0.4, -0.2) is 45.1 Å². The van der Waals surface area contributed by atoms with E-state index in [1.165, 1.54) is 19.1 Å². The highest BCUT2D eigenvalue weighted by Crippen LogP contribution is 2.54. The summed E-state index contributed by atoms with van der Waals surface area (Å²) in [5.41, 5.74) is 3.74. The van der Waals surface area contributed by atoms with Crippen LogP contribution in [0.25, 0.3) is 11.1 Å². The second-order valence-electron chi connectivity index (χ2n) is 9.79. The number of rotatable bonds is 11. The lowest BCUT2D eigenvalue weighted by Crippen LogP contribution is -2.44. The van der Waals surface area contributed by atoms with Gasteiger partial charge in [-0.15, -0.1) is 0 Å². The molecule has 0 spiro atoms. The summed E-state index contributed by atoms with van der Waals surface area (Å²) in [6.45, 7) is 1.32. The minimum absolute atomic E-state index is 0.0905. The van der Waals surface area contributed by atoms with Gasteiger partial charge in [0.15, 0.2) is 0 Å². The number of phenolic OH excluding ortho intramolecular Hbond substituents is 1. The SMILES string of the molecule is CC(=O)N[C@@H](Cc1ccc(O)cc1)C(=O)Nc1ccc2c(c1)C(CCC(=O)O)(CCC(=O)O)c1ccccc1-2. The fourth-order valence-corrected chi connectivity index (χ4v) is 5.39. The molecule has 2 amide bonds. The number of carboxylic acid groups (broad SMARTS) is 2. The van der Waals surface area contributed by atoms with Crippen molar-refractivity contribution in [2.24, 2.45) is 0 Å². The van der Waals surface area contributed by atoms with Crippen molar-refractivity contribution in [3.05, 3.63) is 83.4 Å². The molecule has 0 heterocycles. The van der Waals surface area contributed by atoms with E-state index in [2.05, 4.69) is 10.6 Å². The van der Waals surface area contributed by atoms with Gasteiger partial charge in [0.25, 0.3) is 0 Å². The number of nitrogens with one attached hydrogen (secondary N) is 2. The van der Waals surface area contributed by atoms with Gasteiger partial charge in [0.05, 0.1) is 0 Å². The summed E-state index contributed by atoms with van der Waals surface area (Å²) < 4.78 is 0. The number of carboxylic acids is 2. The van der Waals surface area contributed by atoms with Crippen LogP contribution in [0.1, 0.15) is 49.3 Å². The first-order valence-electron chi connectivity index (χ1n) is 12.6. The molecule has 0 saturated heterocycles. The maximum absolute atomic E-state index is 13.3. The van der Waals surface area contributed by atoms with Crippen molar-refractivity contribution in [1.82, 2.24) is 5.32 Å². The van der Waals surface area contributed by atoms with Gasteiger partial charge in [0, 0.05) is 37.3 Å². The topological polar surface area (TPSA) is 153 Å². The molecule has 9 heteroatoms. The summed E-state index contributed by atoms with van der Waals surface area (Å²) in [5, 5.41) is 34.0. The van der Waals surface area contributed by atoms with Crippen molar-refractivity contribution in [1.29, 1.82) is 0 Å². The largest absolute Gasteiger partial charge is 0.508 e. The Morgan fingerprint density at radius 3 is 2.05 bits per heavy atom. The third-order valence-electron chi connectivity index (χ3n) is 7.14. The number of carbonyl (C=O) groups is 4. The van der Waals surface area contributed by atoms with Crippen LogP contribution in [-0.2, 0) is 31.0 Å². The molecule has 1 aliphatic carbocycles. The van der Waals surface area contributed by atoms with Gasteiger partial charge in [-0.3, -0.25) is 19.2 Å². The fourth-order valence-electron chi connectivity index (χ4n) is 5.39. The Hall–Kier alpha value is -4.66. The number of aromatic hydroxyl groups is 1. The molecule has 5 N–H and O–H groups in total. The van der Waals surface area contributed by atoms with Crippen LogP contribution in [0, 0.1) is 0 Å². The first-order chi connectivity index (χ1) is 18.6. The van der Waals surface area contributed by atoms with Crippen LogP contribution in [0.15, 0.2) is 66.7 Å². The van der Waals surface area contributed by atoms with E-state index in [0.29, 0.717) is 5.69 Å². The van der Waals surface area contributed by atoms with Gasteiger partial charge in [0.2, 0.25) is 11.8 Å². The van der Waals surface area contributed by atoms with E-state index in [9.17, 15) is 34.5 Å². The molecule has 9 nitrogen and oxygen atoms in total.